The lowest BCUT2D eigenvalue weighted by molar-refractivity contribution is -0.116. The number of carbonyl (C=O) groups excluding carboxylic acids is 1. The van der Waals surface area contributed by atoms with E-state index in [1.165, 1.54) is 12.1 Å². The number of ether oxygens (including phenoxy) is 2. The molecule has 4 nitrogen and oxygen atoms in total. The highest BCUT2D eigenvalue weighted by atomic mass is 19.1. The highest BCUT2D eigenvalue weighted by molar-refractivity contribution is 5.96. The Balaban J connectivity index is 2.11. The van der Waals surface area contributed by atoms with Crippen LogP contribution in [-0.4, -0.2) is 20.1 Å². The van der Waals surface area contributed by atoms with E-state index in [0.717, 1.165) is 11.1 Å². The summed E-state index contributed by atoms with van der Waals surface area (Å²) in [6.07, 6.45) is 0.314. The van der Waals surface area contributed by atoms with Crippen LogP contribution in [0.3, 0.4) is 0 Å². The van der Waals surface area contributed by atoms with E-state index >= 15 is 0 Å². The second kappa shape index (κ2) is 5.67. The molecule has 3 rings (SSSR count). The summed E-state index contributed by atoms with van der Waals surface area (Å²) in [7, 11) is 3.12. The smallest absolute Gasteiger partial charge is 0.225 e. The maximum absolute atomic E-state index is 13.1. The molecule has 1 aliphatic rings. The molecular formula is C17H16FNO3. The lowest BCUT2D eigenvalue weighted by Gasteiger charge is -2.27. The van der Waals surface area contributed by atoms with Gasteiger partial charge in [0.25, 0.3) is 0 Å². The second-order valence-corrected chi connectivity index (χ2v) is 5.15. The number of amides is 1. The van der Waals surface area contributed by atoms with Crippen LogP contribution in [0.15, 0.2) is 36.4 Å². The van der Waals surface area contributed by atoms with E-state index in [1.807, 2.05) is 6.07 Å². The number of benzene rings is 2. The van der Waals surface area contributed by atoms with E-state index < -0.39 is 0 Å². The van der Waals surface area contributed by atoms with Gasteiger partial charge in [-0.25, -0.2) is 4.39 Å². The van der Waals surface area contributed by atoms with Crippen LogP contribution < -0.4 is 14.8 Å². The molecule has 114 valence electrons. The van der Waals surface area contributed by atoms with Crippen molar-refractivity contribution in [3.8, 4) is 11.5 Å². The van der Waals surface area contributed by atoms with E-state index in [4.69, 9.17) is 9.47 Å². The molecule has 0 unspecified atom stereocenters. The number of hydrogen-bond donors (Lipinski definition) is 1. The van der Waals surface area contributed by atoms with Gasteiger partial charge >= 0.3 is 0 Å². The normalized spacial score (nSPS) is 16.7. The Morgan fingerprint density at radius 2 is 1.73 bits per heavy atom. The molecule has 0 fully saturated rings. The minimum Gasteiger partial charge on any atom is -0.493 e. The Morgan fingerprint density at radius 3 is 2.36 bits per heavy atom. The maximum Gasteiger partial charge on any atom is 0.225 e. The number of anilines is 1. The van der Waals surface area contributed by atoms with Gasteiger partial charge in [0, 0.05) is 24.1 Å². The Labute approximate surface area is 127 Å². The van der Waals surface area contributed by atoms with E-state index in [-0.39, 0.29) is 17.6 Å². The van der Waals surface area contributed by atoms with E-state index in [2.05, 4.69) is 5.32 Å². The number of hydrogen-bond acceptors (Lipinski definition) is 3. The molecule has 0 bridgehead atoms. The summed E-state index contributed by atoms with van der Waals surface area (Å²) in [5, 5.41) is 2.85. The number of fused-ring (bicyclic) bond motifs is 1. The molecule has 1 atom stereocenters. The van der Waals surface area contributed by atoms with Crippen LogP contribution in [0.1, 0.15) is 23.5 Å². The number of carbonyl (C=O) groups is 1. The standard InChI is InChI=1S/C17H16FNO3/c1-21-15-7-13-12(10-3-5-11(18)6-4-10)8-17(20)19-14(13)9-16(15)22-2/h3-7,9,12H,8H2,1-2H3,(H,19,20)/t12-/m0/s1. The van der Waals surface area contributed by atoms with Crippen LogP contribution in [-0.2, 0) is 4.79 Å². The summed E-state index contributed by atoms with van der Waals surface area (Å²) in [5.41, 5.74) is 2.52. The Kier molecular flexibility index (Phi) is 3.71. The topological polar surface area (TPSA) is 47.6 Å². The zero-order valence-electron chi connectivity index (χ0n) is 12.4. The van der Waals surface area contributed by atoms with Crippen LogP contribution in [0.4, 0.5) is 10.1 Å². The van der Waals surface area contributed by atoms with Crippen molar-refractivity contribution in [2.24, 2.45) is 0 Å². The lowest BCUT2D eigenvalue weighted by atomic mass is 9.84. The first-order valence-corrected chi connectivity index (χ1v) is 6.93. The molecule has 1 amide bonds. The quantitative estimate of drug-likeness (QED) is 0.946. The predicted octanol–water partition coefficient (Wildman–Crippen LogP) is 3.32. The fraction of sp³-hybridized carbons (Fsp3) is 0.235. The van der Waals surface area contributed by atoms with Crippen molar-refractivity contribution in [1.29, 1.82) is 0 Å². The van der Waals surface area contributed by atoms with Crippen LogP contribution in [0.5, 0.6) is 11.5 Å². The molecule has 0 radical (unpaired) electrons. The molecule has 0 saturated carbocycles. The number of methoxy groups -OCH3 is 2. The van der Waals surface area contributed by atoms with Gasteiger partial charge in [-0.1, -0.05) is 12.1 Å². The molecule has 1 heterocycles. The first-order chi connectivity index (χ1) is 10.6. The Hall–Kier alpha value is -2.56. The van der Waals surface area contributed by atoms with E-state index in [9.17, 15) is 9.18 Å². The maximum atomic E-state index is 13.1. The summed E-state index contributed by atoms with van der Waals surface area (Å²) >= 11 is 0. The van der Waals surface area contributed by atoms with Gasteiger partial charge in [-0.05, 0) is 29.3 Å². The third-order valence-electron chi connectivity index (χ3n) is 3.87. The van der Waals surface area contributed by atoms with Crippen molar-refractivity contribution in [2.45, 2.75) is 12.3 Å². The van der Waals surface area contributed by atoms with E-state index in [0.29, 0.717) is 23.6 Å². The summed E-state index contributed by atoms with van der Waals surface area (Å²) in [6.45, 7) is 0. The predicted molar refractivity (Wildman–Crippen MR) is 81.0 cm³/mol. The molecule has 2 aromatic carbocycles. The molecule has 0 aromatic heterocycles. The van der Waals surface area contributed by atoms with Crippen molar-refractivity contribution in [2.75, 3.05) is 19.5 Å². The molecule has 0 aliphatic carbocycles. The summed E-state index contributed by atoms with van der Waals surface area (Å²) < 4.78 is 23.7. The largest absolute Gasteiger partial charge is 0.493 e. The number of halogens is 1. The highest BCUT2D eigenvalue weighted by Crippen LogP contribution is 2.42. The van der Waals surface area contributed by atoms with Crippen molar-refractivity contribution in [3.05, 3.63) is 53.3 Å². The zero-order chi connectivity index (χ0) is 15.7. The summed E-state index contributed by atoms with van der Waals surface area (Å²) in [4.78, 5) is 12.0. The van der Waals surface area contributed by atoms with Crippen LogP contribution in [0.25, 0.3) is 0 Å². The van der Waals surface area contributed by atoms with Gasteiger partial charge in [0.15, 0.2) is 11.5 Å². The van der Waals surface area contributed by atoms with Gasteiger partial charge in [0.2, 0.25) is 5.91 Å². The summed E-state index contributed by atoms with van der Waals surface area (Å²) in [6, 6.07) is 9.84. The third kappa shape index (κ3) is 2.50. The molecule has 1 aliphatic heterocycles. The van der Waals surface area contributed by atoms with Gasteiger partial charge in [-0.15, -0.1) is 0 Å². The van der Waals surface area contributed by atoms with Gasteiger partial charge in [0.05, 0.1) is 14.2 Å². The molecule has 0 spiro atoms. The van der Waals surface area contributed by atoms with E-state index in [1.54, 1.807) is 32.4 Å². The Bertz CT molecular complexity index is 713. The van der Waals surface area contributed by atoms with Crippen molar-refractivity contribution in [3.63, 3.8) is 0 Å². The van der Waals surface area contributed by atoms with Gasteiger partial charge in [-0.2, -0.15) is 0 Å². The van der Waals surface area contributed by atoms with Crippen LogP contribution >= 0.6 is 0 Å². The average molecular weight is 301 g/mol. The first-order valence-electron chi connectivity index (χ1n) is 6.93. The van der Waals surface area contributed by atoms with Gasteiger partial charge in [0.1, 0.15) is 5.82 Å². The second-order valence-electron chi connectivity index (χ2n) is 5.15. The molecule has 0 saturated heterocycles. The van der Waals surface area contributed by atoms with Gasteiger partial charge < -0.3 is 14.8 Å². The first kappa shape index (κ1) is 14.4. The molecular weight excluding hydrogens is 285 g/mol. The molecule has 1 N–H and O–H groups in total. The highest BCUT2D eigenvalue weighted by Gasteiger charge is 2.28. The number of nitrogens with one attached hydrogen (secondary N) is 1. The minimum atomic E-state index is -0.295. The fourth-order valence-electron chi connectivity index (χ4n) is 2.78. The molecule has 22 heavy (non-hydrogen) atoms. The fourth-order valence-corrected chi connectivity index (χ4v) is 2.78. The van der Waals surface area contributed by atoms with Gasteiger partial charge in [-0.3, -0.25) is 4.79 Å². The summed E-state index contributed by atoms with van der Waals surface area (Å²) in [5.74, 6) is 0.653. The molecule has 5 heteroatoms. The lowest BCUT2D eigenvalue weighted by Crippen LogP contribution is -2.23. The monoisotopic (exact) mass is 301 g/mol. The number of rotatable bonds is 3. The SMILES string of the molecule is COc1cc2c(cc1OC)[C@H](c1ccc(F)cc1)CC(=O)N2. The minimum absolute atomic E-state index is 0.0750. The average Bonchev–Trinajstić information content (AvgIpc) is 2.53. The van der Waals surface area contributed by atoms with Crippen LogP contribution in [0, 0.1) is 5.82 Å². The molecule has 2 aromatic rings. The van der Waals surface area contributed by atoms with Crippen LogP contribution in [0.2, 0.25) is 0 Å². The Morgan fingerprint density at radius 1 is 1.09 bits per heavy atom. The third-order valence-corrected chi connectivity index (χ3v) is 3.87. The van der Waals surface area contributed by atoms with Crippen molar-refractivity contribution < 1.29 is 18.7 Å². The zero-order valence-corrected chi connectivity index (χ0v) is 12.4. The van der Waals surface area contributed by atoms with Crippen molar-refractivity contribution in [1.82, 2.24) is 0 Å². The van der Waals surface area contributed by atoms with Crippen molar-refractivity contribution >= 4 is 11.6 Å².